The average molecular weight is 223 g/mol. The molecule has 0 aliphatic carbocycles. The van der Waals surface area contributed by atoms with Crippen LogP contribution in [0.5, 0.6) is 0 Å². The van der Waals surface area contributed by atoms with E-state index in [0.29, 0.717) is 5.92 Å². The predicted octanol–water partition coefficient (Wildman–Crippen LogP) is 3.37. The van der Waals surface area contributed by atoms with Crippen LogP contribution in [0.2, 0.25) is 0 Å². The van der Waals surface area contributed by atoms with Gasteiger partial charge in [0.05, 0.1) is 6.54 Å². The largest absolute Gasteiger partial charge is 0.264 e. The van der Waals surface area contributed by atoms with Crippen molar-refractivity contribution < 1.29 is 0 Å². The molecule has 0 saturated carbocycles. The fraction of sp³-hybridized carbons (Fsp3) is 0.214. The highest BCUT2D eigenvalue weighted by Crippen LogP contribution is 2.38. The smallest absolute Gasteiger partial charge is 0.104 e. The van der Waals surface area contributed by atoms with Gasteiger partial charge in [-0.25, -0.2) is 0 Å². The lowest BCUT2D eigenvalue weighted by molar-refractivity contribution is 0.633. The molecule has 2 unspecified atom stereocenters. The molecule has 0 amide bonds. The molecule has 0 saturated heterocycles. The second-order valence-corrected chi connectivity index (χ2v) is 4.19. The Morgan fingerprint density at radius 1 is 0.941 bits per heavy atom. The minimum atomic E-state index is 0.139. The molecule has 3 rings (SSSR count). The van der Waals surface area contributed by atoms with Crippen molar-refractivity contribution in [1.29, 1.82) is 0 Å². The number of pyridine rings is 1. The first kappa shape index (κ1) is 10.1. The van der Waals surface area contributed by atoms with Crippen LogP contribution in [0, 0.1) is 0 Å². The third-order valence-electron chi connectivity index (χ3n) is 3.12. The number of benzene rings is 1. The van der Waals surface area contributed by atoms with E-state index in [9.17, 15) is 0 Å². The van der Waals surface area contributed by atoms with Gasteiger partial charge in [-0.1, -0.05) is 36.4 Å². The third-order valence-corrected chi connectivity index (χ3v) is 3.12. The lowest BCUT2D eigenvalue weighted by Crippen LogP contribution is -2.07. The second-order valence-electron chi connectivity index (χ2n) is 4.19. The highest BCUT2D eigenvalue weighted by Gasteiger charge is 2.28. The molecular formula is C14H13N3. The van der Waals surface area contributed by atoms with Crippen molar-refractivity contribution in [3.05, 3.63) is 66.0 Å². The van der Waals surface area contributed by atoms with E-state index in [4.69, 9.17) is 0 Å². The zero-order valence-corrected chi connectivity index (χ0v) is 9.40. The lowest BCUT2D eigenvalue weighted by Gasteiger charge is -2.16. The average Bonchev–Trinajstić information content (AvgIpc) is 2.90. The molecule has 0 radical (unpaired) electrons. The van der Waals surface area contributed by atoms with E-state index in [-0.39, 0.29) is 6.04 Å². The SMILES string of the molecule is c1ccc(C2N=NCC2c2cccnc2)cc1. The maximum Gasteiger partial charge on any atom is 0.104 e. The number of hydrogen-bond donors (Lipinski definition) is 0. The molecule has 17 heavy (non-hydrogen) atoms. The highest BCUT2D eigenvalue weighted by molar-refractivity contribution is 5.28. The van der Waals surface area contributed by atoms with Crippen molar-refractivity contribution >= 4 is 0 Å². The van der Waals surface area contributed by atoms with Gasteiger partial charge in [0.1, 0.15) is 6.04 Å². The summed E-state index contributed by atoms with van der Waals surface area (Å²) in [6.07, 6.45) is 3.71. The number of aromatic nitrogens is 1. The van der Waals surface area contributed by atoms with Crippen molar-refractivity contribution in [1.82, 2.24) is 4.98 Å². The molecule has 1 aromatic heterocycles. The summed E-state index contributed by atoms with van der Waals surface area (Å²) >= 11 is 0. The molecule has 84 valence electrons. The summed E-state index contributed by atoms with van der Waals surface area (Å²) in [5, 5.41) is 8.56. The zero-order valence-electron chi connectivity index (χ0n) is 9.40. The Balaban J connectivity index is 1.93. The van der Waals surface area contributed by atoms with E-state index in [0.717, 1.165) is 6.54 Å². The summed E-state index contributed by atoms with van der Waals surface area (Å²) in [6, 6.07) is 14.5. The van der Waals surface area contributed by atoms with Gasteiger partial charge in [-0.2, -0.15) is 10.2 Å². The fourth-order valence-electron chi connectivity index (χ4n) is 2.24. The van der Waals surface area contributed by atoms with Crippen LogP contribution < -0.4 is 0 Å². The Morgan fingerprint density at radius 2 is 1.76 bits per heavy atom. The van der Waals surface area contributed by atoms with Gasteiger partial charge in [-0.3, -0.25) is 4.98 Å². The number of azo groups is 1. The summed E-state index contributed by atoms with van der Waals surface area (Å²) in [5.74, 6) is 0.325. The fourth-order valence-corrected chi connectivity index (χ4v) is 2.24. The minimum absolute atomic E-state index is 0.139. The zero-order chi connectivity index (χ0) is 11.5. The van der Waals surface area contributed by atoms with E-state index in [1.165, 1.54) is 11.1 Å². The first-order valence-corrected chi connectivity index (χ1v) is 5.76. The molecule has 0 N–H and O–H groups in total. The Morgan fingerprint density at radius 3 is 2.53 bits per heavy atom. The van der Waals surface area contributed by atoms with Crippen LogP contribution in [-0.4, -0.2) is 11.5 Å². The number of rotatable bonds is 2. The van der Waals surface area contributed by atoms with E-state index < -0.39 is 0 Å². The number of hydrogen-bond acceptors (Lipinski definition) is 3. The van der Waals surface area contributed by atoms with Gasteiger partial charge in [-0.15, -0.1) is 0 Å². The molecule has 1 aromatic carbocycles. The van der Waals surface area contributed by atoms with Crippen molar-refractivity contribution in [2.24, 2.45) is 10.2 Å². The van der Waals surface area contributed by atoms with Gasteiger partial charge in [-0.05, 0) is 17.2 Å². The molecule has 0 fully saturated rings. The van der Waals surface area contributed by atoms with Crippen molar-refractivity contribution in [2.45, 2.75) is 12.0 Å². The number of nitrogens with zero attached hydrogens (tertiary/aromatic N) is 3. The lowest BCUT2D eigenvalue weighted by atomic mass is 9.89. The normalized spacial score (nSPS) is 22.8. The van der Waals surface area contributed by atoms with E-state index in [1.54, 1.807) is 6.20 Å². The van der Waals surface area contributed by atoms with Gasteiger partial charge in [0, 0.05) is 18.3 Å². The first-order valence-electron chi connectivity index (χ1n) is 5.76. The van der Waals surface area contributed by atoms with E-state index in [2.05, 4.69) is 33.4 Å². The monoisotopic (exact) mass is 223 g/mol. The van der Waals surface area contributed by atoms with Crippen molar-refractivity contribution in [3.8, 4) is 0 Å². The first-order chi connectivity index (χ1) is 8.45. The summed E-state index contributed by atoms with van der Waals surface area (Å²) in [7, 11) is 0. The quantitative estimate of drug-likeness (QED) is 0.769. The molecule has 2 aromatic rings. The van der Waals surface area contributed by atoms with Crippen LogP contribution in [-0.2, 0) is 0 Å². The second kappa shape index (κ2) is 4.45. The summed E-state index contributed by atoms with van der Waals surface area (Å²) in [4.78, 5) is 4.17. The summed E-state index contributed by atoms with van der Waals surface area (Å²) in [6.45, 7) is 0.755. The molecule has 3 nitrogen and oxygen atoms in total. The van der Waals surface area contributed by atoms with E-state index in [1.807, 2.05) is 30.5 Å². The highest BCUT2D eigenvalue weighted by atomic mass is 15.2. The topological polar surface area (TPSA) is 37.6 Å². The Hall–Kier alpha value is -2.03. The summed E-state index contributed by atoms with van der Waals surface area (Å²) in [5.41, 5.74) is 2.44. The predicted molar refractivity (Wildman–Crippen MR) is 65.9 cm³/mol. The molecular weight excluding hydrogens is 210 g/mol. The van der Waals surface area contributed by atoms with Gasteiger partial charge in [0.2, 0.25) is 0 Å². The molecule has 3 heteroatoms. The molecule has 1 aliphatic rings. The van der Waals surface area contributed by atoms with E-state index >= 15 is 0 Å². The minimum Gasteiger partial charge on any atom is -0.264 e. The van der Waals surface area contributed by atoms with Gasteiger partial charge >= 0.3 is 0 Å². The van der Waals surface area contributed by atoms with Crippen LogP contribution in [0.15, 0.2) is 65.1 Å². The standard InChI is InChI=1S/C14H13N3/c1-2-5-11(6-3-1)14-13(10-16-17-14)12-7-4-8-15-9-12/h1-9,13-14H,10H2. The van der Waals surface area contributed by atoms with Gasteiger partial charge in [0.25, 0.3) is 0 Å². The molecule has 2 heterocycles. The van der Waals surface area contributed by atoms with Gasteiger partial charge in [0.15, 0.2) is 0 Å². The van der Waals surface area contributed by atoms with Crippen LogP contribution in [0.3, 0.4) is 0 Å². The van der Waals surface area contributed by atoms with Crippen LogP contribution in [0.4, 0.5) is 0 Å². The molecule has 0 spiro atoms. The molecule has 2 atom stereocenters. The van der Waals surface area contributed by atoms with Crippen LogP contribution >= 0.6 is 0 Å². The Labute approximate surface area is 100 Å². The van der Waals surface area contributed by atoms with Crippen LogP contribution in [0.1, 0.15) is 23.1 Å². The molecule has 0 bridgehead atoms. The van der Waals surface area contributed by atoms with Crippen LogP contribution in [0.25, 0.3) is 0 Å². The maximum atomic E-state index is 4.36. The summed E-state index contributed by atoms with van der Waals surface area (Å²) < 4.78 is 0. The van der Waals surface area contributed by atoms with Crippen molar-refractivity contribution in [2.75, 3.05) is 6.54 Å². The van der Waals surface area contributed by atoms with Crippen molar-refractivity contribution in [3.63, 3.8) is 0 Å². The Bertz CT molecular complexity index is 508. The maximum absolute atomic E-state index is 4.36. The third kappa shape index (κ3) is 1.96. The van der Waals surface area contributed by atoms with Gasteiger partial charge < -0.3 is 0 Å². The Kier molecular flexibility index (Phi) is 2.66. The molecule has 1 aliphatic heterocycles.